The quantitative estimate of drug-likeness (QED) is 0.398. The number of aliphatic hydroxyl groups excluding tert-OH is 3. The van der Waals surface area contributed by atoms with Gasteiger partial charge in [-0.15, -0.1) is 0 Å². The Morgan fingerprint density at radius 3 is 2.30 bits per heavy atom. The van der Waals surface area contributed by atoms with E-state index in [1.54, 1.807) is 0 Å². The first-order valence-corrected chi connectivity index (χ1v) is 2.98. The van der Waals surface area contributed by atoms with Crippen LogP contribution in [0.4, 0.5) is 0 Å². The zero-order valence-electron chi connectivity index (χ0n) is 5.40. The highest BCUT2D eigenvalue weighted by molar-refractivity contribution is 5.12. The molecule has 4 heteroatoms. The van der Waals surface area contributed by atoms with Gasteiger partial charge in [0.1, 0.15) is 12.2 Å². The largest absolute Gasteiger partial charge is 0.394 e. The topological polar surface area (TPSA) is 69.9 Å². The van der Waals surface area contributed by atoms with Crippen LogP contribution in [-0.4, -0.2) is 40.4 Å². The van der Waals surface area contributed by atoms with E-state index in [9.17, 15) is 0 Å². The van der Waals surface area contributed by atoms with Gasteiger partial charge >= 0.3 is 0 Å². The van der Waals surface area contributed by atoms with Crippen molar-refractivity contribution < 1.29 is 20.1 Å². The maximum atomic E-state index is 9.08. The molecule has 0 aromatic heterocycles. The van der Waals surface area contributed by atoms with Gasteiger partial charge < -0.3 is 20.1 Å². The summed E-state index contributed by atoms with van der Waals surface area (Å²) in [7, 11) is 0. The Labute approximate surface area is 58.4 Å². The lowest BCUT2D eigenvalue weighted by Gasteiger charge is -2.07. The number of aliphatic hydroxyl groups is 3. The molecule has 1 aliphatic rings. The molecular weight excluding hydrogens is 136 g/mol. The SMILES string of the molecule is C=C1[C@@H](O)O[C@H](CO)[C@H]1O. The van der Waals surface area contributed by atoms with Gasteiger partial charge in [0.2, 0.25) is 0 Å². The molecule has 0 aromatic carbocycles. The Bertz CT molecular complexity index is 145. The molecule has 0 radical (unpaired) electrons. The highest BCUT2D eigenvalue weighted by atomic mass is 16.6. The zero-order chi connectivity index (χ0) is 7.72. The number of ether oxygens (including phenoxy) is 1. The molecule has 3 atom stereocenters. The summed E-state index contributed by atoms with van der Waals surface area (Å²) in [4.78, 5) is 0. The summed E-state index contributed by atoms with van der Waals surface area (Å²) in [6.07, 6.45) is -2.80. The van der Waals surface area contributed by atoms with Gasteiger partial charge in [0.15, 0.2) is 6.29 Å². The summed E-state index contributed by atoms with van der Waals surface area (Å²) in [6.45, 7) is 3.07. The van der Waals surface area contributed by atoms with E-state index in [1.165, 1.54) is 0 Å². The summed E-state index contributed by atoms with van der Waals surface area (Å²) in [5.41, 5.74) is 0.207. The number of rotatable bonds is 1. The van der Waals surface area contributed by atoms with Crippen molar-refractivity contribution in [3.05, 3.63) is 12.2 Å². The lowest BCUT2D eigenvalue weighted by atomic mass is 10.1. The van der Waals surface area contributed by atoms with Crippen LogP contribution in [0.5, 0.6) is 0 Å². The van der Waals surface area contributed by atoms with Crippen molar-refractivity contribution in [3.63, 3.8) is 0 Å². The molecule has 0 amide bonds. The molecule has 1 fully saturated rings. The van der Waals surface area contributed by atoms with Crippen molar-refractivity contribution in [1.82, 2.24) is 0 Å². The normalized spacial score (nSPS) is 40.7. The minimum atomic E-state index is -1.13. The van der Waals surface area contributed by atoms with Crippen LogP contribution in [0.3, 0.4) is 0 Å². The average Bonchev–Trinajstić information content (AvgIpc) is 2.17. The lowest BCUT2D eigenvalue weighted by Crippen LogP contribution is -2.25. The van der Waals surface area contributed by atoms with Crippen molar-refractivity contribution in [2.45, 2.75) is 18.5 Å². The first kappa shape index (κ1) is 7.68. The van der Waals surface area contributed by atoms with Crippen LogP contribution < -0.4 is 0 Å². The van der Waals surface area contributed by atoms with E-state index in [0.717, 1.165) is 0 Å². The van der Waals surface area contributed by atoms with E-state index in [1.807, 2.05) is 0 Å². The molecule has 1 aliphatic heterocycles. The smallest absolute Gasteiger partial charge is 0.180 e. The molecule has 1 rings (SSSR count). The monoisotopic (exact) mass is 146 g/mol. The second-order valence-corrected chi connectivity index (χ2v) is 2.23. The highest BCUT2D eigenvalue weighted by Gasteiger charge is 2.35. The minimum absolute atomic E-state index is 0.207. The van der Waals surface area contributed by atoms with Crippen LogP contribution >= 0.6 is 0 Å². The Balaban J connectivity index is 2.61. The van der Waals surface area contributed by atoms with Crippen LogP contribution in [0.25, 0.3) is 0 Å². The molecule has 4 nitrogen and oxygen atoms in total. The summed E-state index contributed by atoms with van der Waals surface area (Å²) in [5.74, 6) is 0. The van der Waals surface area contributed by atoms with Gasteiger partial charge in [0.25, 0.3) is 0 Å². The fourth-order valence-corrected chi connectivity index (χ4v) is 0.855. The predicted octanol–water partition coefficient (Wildman–Crippen LogP) is -1.39. The van der Waals surface area contributed by atoms with Crippen molar-refractivity contribution >= 4 is 0 Å². The molecule has 0 saturated carbocycles. The molecule has 0 spiro atoms. The second-order valence-electron chi connectivity index (χ2n) is 2.23. The fraction of sp³-hybridized carbons (Fsp3) is 0.667. The minimum Gasteiger partial charge on any atom is -0.394 e. The van der Waals surface area contributed by atoms with E-state index in [4.69, 9.17) is 20.1 Å². The summed E-state index contributed by atoms with van der Waals surface area (Å²) >= 11 is 0. The Kier molecular flexibility index (Phi) is 2.05. The molecule has 0 bridgehead atoms. The van der Waals surface area contributed by atoms with Crippen LogP contribution in [-0.2, 0) is 4.74 Å². The maximum absolute atomic E-state index is 9.08. The number of hydrogen-bond donors (Lipinski definition) is 3. The molecule has 10 heavy (non-hydrogen) atoms. The van der Waals surface area contributed by atoms with Crippen molar-refractivity contribution in [2.75, 3.05) is 6.61 Å². The Morgan fingerprint density at radius 2 is 2.10 bits per heavy atom. The molecule has 3 N–H and O–H groups in total. The first-order chi connectivity index (χ1) is 4.66. The van der Waals surface area contributed by atoms with Gasteiger partial charge in [-0.05, 0) is 0 Å². The maximum Gasteiger partial charge on any atom is 0.180 e. The van der Waals surface area contributed by atoms with Gasteiger partial charge in [-0.2, -0.15) is 0 Å². The summed E-state index contributed by atoms with van der Waals surface area (Å²) < 4.78 is 4.69. The van der Waals surface area contributed by atoms with Crippen molar-refractivity contribution in [3.8, 4) is 0 Å². The summed E-state index contributed by atoms with van der Waals surface area (Å²) in [6, 6.07) is 0. The van der Waals surface area contributed by atoms with Gasteiger partial charge in [0.05, 0.1) is 6.61 Å². The van der Waals surface area contributed by atoms with Gasteiger partial charge in [-0.3, -0.25) is 0 Å². The predicted molar refractivity (Wildman–Crippen MR) is 33.1 cm³/mol. The lowest BCUT2D eigenvalue weighted by molar-refractivity contribution is -0.100. The van der Waals surface area contributed by atoms with E-state index in [2.05, 4.69) is 6.58 Å². The number of hydrogen-bond acceptors (Lipinski definition) is 4. The third kappa shape index (κ3) is 1.06. The third-order valence-electron chi connectivity index (χ3n) is 1.53. The average molecular weight is 146 g/mol. The highest BCUT2D eigenvalue weighted by Crippen LogP contribution is 2.22. The molecule has 1 heterocycles. The second kappa shape index (κ2) is 2.67. The zero-order valence-corrected chi connectivity index (χ0v) is 5.40. The summed E-state index contributed by atoms with van der Waals surface area (Å²) in [5, 5.41) is 26.5. The Morgan fingerprint density at radius 1 is 1.50 bits per heavy atom. The van der Waals surface area contributed by atoms with Gasteiger partial charge in [-0.25, -0.2) is 0 Å². The van der Waals surface area contributed by atoms with E-state index in [-0.39, 0.29) is 12.2 Å². The van der Waals surface area contributed by atoms with E-state index in [0.29, 0.717) is 0 Å². The Hall–Kier alpha value is -0.420. The van der Waals surface area contributed by atoms with E-state index >= 15 is 0 Å². The van der Waals surface area contributed by atoms with Crippen LogP contribution in [0.2, 0.25) is 0 Å². The molecular formula is C6H10O4. The van der Waals surface area contributed by atoms with Crippen LogP contribution in [0.15, 0.2) is 12.2 Å². The molecule has 1 saturated heterocycles. The standard InChI is InChI=1S/C6H10O4/c1-3-5(8)4(2-7)10-6(3)9/h4-9H,1-2H2/t4-,5+,6+/m1/s1. The molecule has 0 aromatic rings. The van der Waals surface area contributed by atoms with Gasteiger partial charge in [-0.1, -0.05) is 6.58 Å². The van der Waals surface area contributed by atoms with E-state index < -0.39 is 18.5 Å². The third-order valence-corrected chi connectivity index (χ3v) is 1.53. The molecule has 0 aliphatic carbocycles. The van der Waals surface area contributed by atoms with Crippen molar-refractivity contribution in [2.24, 2.45) is 0 Å². The van der Waals surface area contributed by atoms with Crippen LogP contribution in [0.1, 0.15) is 0 Å². The first-order valence-electron chi connectivity index (χ1n) is 2.98. The van der Waals surface area contributed by atoms with Crippen LogP contribution in [0, 0.1) is 0 Å². The molecule has 0 unspecified atom stereocenters. The van der Waals surface area contributed by atoms with Gasteiger partial charge in [0, 0.05) is 5.57 Å². The molecule has 58 valence electrons. The van der Waals surface area contributed by atoms with Crippen molar-refractivity contribution in [1.29, 1.82) is 0 Å². The fourth-order valence-electron chi connectivity index (χ4n) is 0.855.